The van der Waals surface area contributed by atoms with Crippen LogP contribution >= 0.6 is 15.9 Å². The van der Waals surface area contributed by atoms with Crippen molar-refractivity contribution in [3.05, 3.63) is 62.4 Å². The summed E-state index contributed by atoms with van der Waals surface area (Å²) in [6.45, 7) is 0.450. The van der Waals surface area contributed by atoms with E-state index < -0.39 is 16.4 Å². The Morgan fingerprint density at radius 1 is 1.33 bits per heavy atom. The van der Waals surface area contributed by atoms with Crippen LogP contribution in [-0.4, -0.2) is 12.0 Å². The number of nitrogens with one attached hydrogen (secondary N) is 1. The number of nitrogens with zero attached hydrogens (tertiary/aromatic N) is 1. The Labute approximate surface area is 129 Å². The molecule has 0 fully saturated rings. The van der Waals surface area contributed by atoms with E-state index in [1.807, 2.05) is 18.2 Å². The van der Waals surface area contributed by atoms with Gasteiger partial charge in [-0.15, -0.1) is 0 Å². The third-order valence-electron chi connectivity index (χ3n) is 2.86. The maximum atomic E-state index is 13.2. The van der Waals surface area contributed by atoms with Crippen molar-refractivity contribution in [1.82, 2.24) is 0 Å². The molecule has 1 N–H and O–H groups in total. The number of ether oxygens (including phenoxy) is 1. The Kier molecular flexibility index (Phi) is 4.74. The molecule has 7 heteroatoms. The zero-order valence-electron chi connectivity index (χ0n) is 11.1. The normalized spacial score (nSPS) is 10.2. The second kappa shape index (κ2) is 6.53. The molecule has 0 amide bonds. The SMILES string of the molecule is COc1ccc(CNc2ccc(F)c([N+](=O)[O-])c2)cc1Br. The molecule has 0 aromatic heterocycles. The molecule has 0 radical (unpaired) electrons. The molecule has 0 atom stereocenters. The number of anilines is 1. The molecule has 2 rings (SSSR count). The molecular weight excluding hydrogens is 343 g/mol. The summed E-state index contributed by atoms with van der Waals surface area (Å²) in [5, 5.41) is 13.7. The molecule has 21 heavy (non-hydrogen) atoms. The van der Waals surface area contributed by atoms with Crippen LogP contribution in [0.1, 0.15) is 5.56 Å². The van der Waals surface area contributed by atoms with Crippen LogP contribution in [0.2, 0.25) is 0 Å². The smallest absolute Gasteiger partial charge is 0.306 e. The predicted molar refractivity (Wildman–Crippen MR) is 81.1 cm³/mol. The van der Waals surface area contributed by atoms with Crippen LogP contribution in [0.15, 0.2) is 40.9 Å². The van der Waals surface area contributed by atoms with Crippen molar-refractivity contribution in [2.45, 2.75) is 6.54 Å². The molecule has 2 aromatic rings. The van der Waals surface area contributed by atoms with Crippen molar-refractivity contribution in [3.8, 4) is 5.75 Å². The van der Waals surface area contributed by atoms with Crippen molar-refractivity contribution >= 4 is 27.3 Å². The molecule has 5 nitrogen and oxygen atoms in total. The minimum Gasteiger partial charge on any atom is -0.496 e. The average molecular weight is 355 g/mol. The van der Waals surface area contributed by atoms with Crippen molar-refractivity contribution < 1.29 is 14.1 Å². The Morgan fingerprint density at radius 3 is 2.71 bits per heavy atom. The number of nitro groups is 1. The topological polar surface area (TPSA) is 64.4 Å². The van der Waals surface area contributed by atoms with Gasteiger partial charge in [0.1, 0.15) is 5.75 Å². The number of hydrogen-bond acceptors (Lipinski definition) is 4. The summed E-state index contributed by atoms with van der Waals surface area (Å²) < 4.78 is 19.2. The van der Waals surface area contributed by atoms with Gasteiger partial charge in [-0.05, 0) is 45.8 Å². The van der Waals surface area contributed by atoms with E-state index in [2.05, 4.69) is 21.2 Å². The van der Waals surface area contributed by atoms with Crippen molar-refractivity contribution in [2.75, 3.05) is 12.4 Å². The lowest BCUT2D eigenvalue weighted by Crippen LogP contribution is -2.01. The lowest BCUT2D eigenvalue weighted by Gasteiger charge is -2.09. The van der Waals surface area contributed by atoms with Crippen LogP contribution in [0.25, 0.3) is 0 Å². The van der Waals surface area contributed by atoms with Crippen LogP contribution in [0.3, 0.4) is 0 Å². The van der Waals surface area contributed by atoms with Gasteiger partial charge >= 0.3 is 5.69 Å². The van der Waals surface area contributed by atoms with Crippen LogP contribution in [0, 0.1) is 15.9 Å². The highest BCUT2D eigenvalue weighted by molar-refractivity contribution is 9.10. The Hall–Kier alpha value is -2.15. The highest BCUT2D eigenvalue weighted by Gasteiger charge is 2.14. The summed E-state index contributed by atoms with van der Waals surface area (Å²) in [4.78, 5) is 9.94. The molecular formula is C14H12BrFN2O3. The number of nitro benzene ring substituents is 1. The summed E-state index contributed by atoms with van der Waals surface area (Å²) >= 11 is 3.38. The minimum atomic E-state index is -0.849. The first-order valence-corrected chi connectivity index (χ1v) is 6.81. The zero-order chi connectivity index (χ0) is 15.4. The lowest BCUT2D eigenvalue weighted by molar-refractivity contribution is -0.387. The van der Waals surface area contributed by atoms with Gasteiger partial charge in [0.2, 0.25) is 5.82 Å². The summed E-state index contributed by atoms with van der Waals surface area (Å²) in [6.07, 6.45) is 0. The largest absolute Gasteiger partial charge is 0.496 e. The summed E-state index contributed by atoms with van der Waals surface area (Å²) in [6, 6.07) is 9.27. The van der Waals surface area contributed by atoms with Gasteiger partial charge in [-0.25, -0.2) is 0 Å². The Balaban J connectivity index is 2.11. The fourth-order valence-corrected chi connectivity index (χ4v) is 2.37. The van der Waals surface area contributed by atoms with Crippen LogP contribution in [0.5, 0.6) is 5.75 Å². The maximum Gasteiger partial charge on any atom is 0.306 e. The van der Waals surface area contributed by atoms with Gasteiger partial charge in [-0.2, -0.15) is 4.39 Å². The minimum absolute atomic E-state index is 0.450. The summed E-state index contributed by atoms with van der Waals surface area (Å²) in [5.41, 5.74) is 0.889. The van der Waals surface area contributed by atoms with Gasteiger partial charge in [-0.3, -0.25) is 10.1 Å². The molecule has 2 aromatic carbocycles. The van der Waals surface area contributed by atoms with E-state index in [0.29, 0.717) is 12.2 Å². The molecule has 0 saturated heterocycles. The van der Waals surface area contributed by atoms with Crippen molar-refractivity contribution in [1.29, 1.82) is 0 Å². The first kappa shape index (κ1) is 15.2. The van der Waals surface area contributed by atoms with Gasteiger partial charge in [-0.1, -0.05) is 6.07 Å². The van der Waals surface area contributed by atoms with E-state index in [-0.39, 0.29) is 0 Å². The van der Waals surface area contributed by atoms with Gasteiger partial charge in [0, 0.05) is 18.3 Å². The fraction of sp³-hybridized carbons (Fsp3) is 0.143. The molecule has 0 heterocycles. The van der Waals surface area contributed by atoms with Crippen LogP contribution in [-0.2, 0) is 6.54 Å². The van der Waals surface area contributed by atoms with Gasteiger partial charge in [0.15, 0.2) is 0 Å². The van der Waals surface area contributed by atoms with E-state index >= 15 is 0 Å². The number of rotatable bonds is 5. The quantitative estimate of drug-likeness (QED) is 0.647. The van der Waals surface area contributed by atoms with Crippen molar-refractivity contribution in [3.63, 3.8) is 0 Å². The van der Waals surface area contributed by atoms with Crippen LogP contribution < -0.4 is 10.1 Å². The number of methoxy groups -OCH3 is 1. The second-order valence-corrected chi connectivity index (χ2v) is 5.10. The number of benzene rings is 2. The molecule has 0 aliphatic rings. The number of halogens is 2. The van der Waals surface area contributed by atoms with Crippen LogP contribution in [0.4, 0.5) is 15.8 Å². The fourth-order valence-electron chi connectivity index (χ4n) is 1.79. The number of hydrogen-bond donors (Lipinski definition) is 1. The molecule has 110 valence electrons. The van der Waals surface area contributed by atoms with Gasteiger partial charge < -0.3 is 10.1 Å². The first-order chi connectivity index (χ1) is 10.0. The van der Waals surface area contributed by atoms with Gasteiger partial charge in [0.25, 0.3) is 0 Å². The van der Waals surface area contributed by atoms with Crippen molar-refractivity contribution in [2.24, 2.45) is 0 Å². The zero-order valence-corrected chi connectivity index (χ0v) is 12.7. The second-order valence-electron chi connectivity index (χ2n) is 4.25. The first-order valence-electron chi connectivity index (χ1n) is 6.01. The summed E-state index contributed by atoms with van der Waals surface area (Å²) in [5.74, 6) is -0.131. The molecule has 0 bridgehead atoms. The standard InChI is InChI=1S/C14H12BrFN2O3/c1-21-14-5-2-9(6-11(14)15)8-17-10-3-4-12(16)13(7-10)18(19)20/h2-7,17H,8H2,1H3. The molecule has 0 unspecified atom stereocenters. The van der Waals surface area contributed by atoms with E-state index in [0.717, 1.165) is 21.9 Å². The molecule has 0 aliphatic carbocycles. The monoisotopic (exact) mass is 354 g/mol. The molecule has 0 saturated carbocycles. The molecule has 0 aliphatic heterocycles. The molecule has 0 spiro atoms. The highest BCUT2D eigenvalue weighted by Crippen LogP contribution is 2.26. The van der Waals surface area contributed by atoms with E-state index in [4.69, 9.17) is 4.74 Å². The Morgan fingerprint density at radius 2 is 2.10 bits per heavy atom. The maximum absolute atomic E-state index is 13.2. The Bertz CT molecular complexity index is 679. The predicted octanol–water partition coefficient (Wildman–Crippen LogP) is 4.12. The average Bonchev–Trinajstić information content (AvgIpc) is 2.46. The van der Waals surface area contributed by atoms with E-state index in [9.17, 15) is 14.5 Å². The van der Waals surface area contributed by atoms with Gasteiger partial charge in [0.05, 0.1) is 16.5 Å². The lowest BCUT2D eigenvalue weighted by atomic mass is 10.2. The summed E-state index contributed by atoms with van der Waals surface area (Å²) in [7, 11) is 1.58. The third kappa shape index (κ3) is 3.69. The third-order valence-corrected chi connectivity index (χ3v) is 3.48. The van der Waals surface area contributed by atoms with E-state index in [1.54, 1.807) is 7.11 Å². The highest BCUT2D eigenvalue weighted by atomic mass is 79.9. The van der Waals surface area contributed by atoms with E-state index in [1.165, 1.54) is 12.1 Å².